The van der Waals surface area contributed by atoms with Gasteiger partial charge in [-0.15, -0.1) is 0 Å². The molecular formula is C33H29NO4. The van der Waals surface area contributed by atoms with Gasteiger partial charge in [0, 0.05) is 6.42 Å². The second-order valence-corrected chi connectivity index (χ2v) is 9.77. The molecule has 0 radical (unpaired) electrons. The minimum Gasteiger partial charge on any atom is -0.359 e. The Bertz CT molecular complexity index is 1300. The van der Waals surface area contributed by atoms with Crippen LogP contribution in [0, 0.1) is 0 Å². The van der Waals surface area contributed by atoms with Gasteiger partial charge >= 0.3 is 0 Å². The molecule has 0 spiro atoms. The van der Waals surface area contributed by atoms with Gasteiger partial charge in [0.2, 0.25) is 5.91 Å². The van der Waals surface area contributed by atoms with Gasteiger partial charge in [-0.3, -0.25) is 14.5 Å². The molecule has 0 bridgehead atoms. The molecular weight excluding hydrogens is 474 g/mol. The van der Waals surface area contributed by atoms with Crippen molar-refractivity contribution in [3.05, 3.63) is 144 Å². The van der Waals surface area contributed by atoms with E-state index < -0.39 is 11.7 Å². The highest BCUT2D eigenvalue weighted by Crippen LogP contribution is 2.43. The zero-order valence-corrected chi connectivity index (χ0v) is 21.0. The Morgan fingerprint density at radius 3 is 1.74 bits per heavy atom. The Balaban J connectivity index is 1.31. The van der Waals surface area contributed by atoms with Gasteiger partial charge in [0.1, 0.15) is 11.7 Å². The Hall–Kier alpha value is -4.06. The molecule has 2 saturated heterocycles. The standard InChI is InChI=1S/C33H29NO4/c35-29-22-21-28(34(29)32(36)31-30(38-31)24-13-5-1-6-14-24)23-37-33(25-15-7-2-8-16-25,26-17-9-3-10-18-26)27-19-11-4-12-20-27/h1-20,28,30-31H,21-23H2/t28-,30-,31+/m0/s1. The highest BCUT2D eigenvalue weighted by Gasteiger charge is 2.52. The molecule has 4 aromatic rings. The third-order valence-electron chi connectivity index (χ3n) is 7.46. The molecule has 3 atom stereocenters. The monoisotopic (exact) mass is 503 g/mol. The molecule has 5 nitrogen and oxygen atoms in total. The number of benzene rings is 4. The summed E-state index contributed by atoms with van der Waals surface area (Å²) in [6.45, 7) is 0.207. The van der Waals surface area contributed by atoms with Gasteiger partial charge in [0.25, 0.3) is 5.91 Å². The summed E-state index contributed by atoms with van der Waals surface area (Å²) < 4.78 is 12.7. The molecule has 2 heterocycles. The Morgan fingerprint density at radius 2 is 1.24 bits per heavy atom. The largest absolute Gasteiger partial charge is 0.359 e. The molecule has 4 aromatic carbocycles. The first-order valence-corrected chi connectivity index (χ1v) is 13.1. The van der Waals surface area contributed by atoms with Crippen LogP contribution in [0.3, 0.4) is 0 Å². The summed E-state index contributed by atoms with van der Waals surface area (Å²) >= 11 is 0. The van der Waals surface area contributed by atoms with Crippen LogP contribution in [-0.2, 0) is 24.7 Å². The molecule has 2 aliphatic rings. The van der Waals surface area contributed by atoms with Crippen molar-refractivity contribution >= 4 is 11.8 Å². The van der Waals surface area contributed by atoms with Crippen LogP contribution in [0.25, 0.3) is 0 Å². The molecule has 190 valence electrons. The number of carbonyl (C=O) groups is 2. The summed E-state index contributed by atoms with van der Waals surface area (Å²) in [4.78, 5) is 27.8. The topological polar surface area (TPSA) is 59.1 Å². The molecule has 0 saturated carbocycles. The van der Waals surface area contributed by atoms with E-state index in [4.69, 9.17) is 9.47 Å². The molecule has 5 heteroatoms. The maximum atomic E-state index is 13.5. The summed E-state index contributed by atoms with van der Waals surface area (Å²) in [6, 6.07) is 39.6. The lowest BCUT2D eigenvalue weighted by atomic mass is 9.80. The fraction of sp³-hybridized carbons (Fsp3) is 0.212. The predicted octanol–water partition coefficient (Wildman–Crippen LogP) is 5.65. The van der Waals surface area contributed by atoms with Crippen molar-refractivity contribution in [2.24, 2.45) is 0 Å². The van der Waals surface area contributed by atoms with Gasteiger partial charge < -0.3 is 9.47 Å². The zero-order valence-electron chi connectivity index (χ0n) is 21.0. The van der Waals surface area contributed by atoms with Gasteiger partial charge in [-0.05, 0) is 28.7 Å². The third kappa shape index (κ3) is 4.44. The van der Waals surface area contributed by atoms with E-state index in [9.17, 15) is 9.59 Å². The molecule has 0 unspecified atom stereocenters. The minimum absolute atomic E-state index is 0.171. The molecule has 38 heavy (non-hydrogen) atoms. The van der Waals surface area contributed by atoms with Crippen LogP contribution >= 0.6 is 0 Å². The number of imide groups is 1. The summed E-state index contributed by atoms with van der Waals surface area (Å²) in [5, 5.41) is 0. The number of hydrogen-bond donors (Lipinski definition) is 0. The number of ether oxygens (including phenoxy) is 2. The molecule has 0 aromatic heterocycles. The van der Waals surface area contributed by atoms with E-state index >= 15 is 0 Å². The second-order valence-electron chi connectivity index (χ2n) is 9.77. The van der Waals surface area contributed by atoms with Crippen molar-refractivity contribution in [2.75, 3.05) is 6.61 Å². The van der Waals surface area contributed by atoms with E-state index in [-0.39, 0.29) is 30.6 Å². The van der Waals surface area contributed by atoms with Gasteiger partial charge in [0.05, 0.1) is 12.6 Å². The van der Waals surface area contributed by atoms with Gasteiger partial charge in [-0.2, -0.15) is 0 Å². The molecule has 2 aliphatic heterocycles. The van der Waals surface area contributed by atoms with E-state index in [2.05, 4.69) is 36.4 Å². The number of likely N-dealkylation sites (tertiary alicyclic amines) is 1. The van der Waals surface area contributed by atoms with Crippen LogP contribution in [0.15, 0.2) is 121 Å². The average molecular weight is 504 g/mol. The smallest absolute Gasteiger partial charge is 0.261 e. The van der Waals surface area contributed by atoms with E-state index in [1.54, 1.807) is 0 Å². The maximum Gasteiger partial charge on any atom is 0.261 e. The number of amides is 2. The van der Waals surface area contributed by atoms with Gasteiger partial charge in [0.15, 0.2) is 6.10 Å². The molecule has 0 aliphatic carbocycles. The van der Waals surface area contributed by atoms with E-state index in [0.717, 1.165) is 22.3 Å². The van der Waals surface area contributed by atoms with E-state index in [0.29, 0.717) is 12.8 Å². The van der Waals surface area contributed by atoms with Gasteiger partial charge in [-0.1, -0.05) is 121 Å². The van der Waals surface area contributed by atoms with Crippen molar-refractivity contribution < 1.29 is 19.1 Å². The van der Waals surface area contributed by atoms with E-state index in [1.165, 1.54) is 4.90 Å². The number of epoxide rings is 1. The fourth-order valence-corrected chi connectivity index (χ4v) is 5.53. The normalized spacial score (nSPS) is 20.9. The summed E-state index contributed by atoms with van der Waals surface area (Å²) in [5.74, 6) is -0.449. The van der Waals surface area contributed by atoms with Crippen molar-refractivity contribution in [3.63, 3.8) is 0 Å². The average Bonchev–Trinajstić information content (AvgIpc) is 3.71. The number of rotatable bonds is 8. The zero-order chi connectivity index (χ0) is 26.0. The number of carbonyl (C=O) groups excluding carboxylic acids is 2. The quantitative estimate of drug-likeness (QED) is 0.177. The van der Waals surface area contributed by atoms with Crippen molar-refractivity contribution in [3.8, 4) is 0 Å². The first-order chi connectivity index (χ1) is 18.7. The highest BCUT2D eigenvalue weighted by molar-refractivity contribution is 6.00. The van der Waals surface area contributed by atoms with Crippen LogP contribution in [0.4, 0.5) is 0 Å². The fourth-order valence-electron chi connectivity index (χ4n) is 5.53. The van der Waals surface area contributed by atoms with Crippen LogP contribution in [0.5, 0.6) is 0 Å². The Morgan fingerprint density at radius 1 is 0.763 bits per heavy atom. The lowest BCUT2D eigenvalue weighted by molar-refractivity contribution is -0.146. The molecule has 2 fully saturated rings. The predicted molar refractivity (Wildman–Crippen MR) is 144 cm³/mol. The SMILES string of the molecule is O=C1CC[C@@H](COC(c2ccccc2)(c2ccccc2)c2ccccc2)N1C(=O)[C@@H]1O[C@H]1c1ccccc1. The molecule has 2 amide bonds. The van der Waals surface area contributed by atoms with Crippen LogP contribution in [0.2, 0.25) is 0 Å². The van der Waals surface area contributed by atoms with Crippen molar-refractivity contribution in [1.29, 1.82) is 0 Å². The Kier molecular flexibility index (Phi) is 6.62. The lowest BCUT2D eigenvalue weighted by Crippen LogP contribution is -2.45. The first kappa shape index (κ1) is 24.3. The highest BCUT2D eigenvalue weighted by atomic mass is 16.6. The van der Waals surface area contributed by atoms with Crippen LogP contribution in [-0.4, -0.2) is 35.5 Å². The number of hydrogen-bond acceptors (Lipinski definition) is 4. The second kappa shape index (κ2) is 10.4. The molecule has 6 rings (SSSR count). The number of nitrogens with zero attached hydrogens (tertiary/aromatic N) is 1. The maximum absolute atomic E-state index is 13.5. The third-order valence-corrected chi connectivity index (χ3v) is 7.46. The van der Waals surface area contributed by atoms with Crippen LogP contribution < -0.4 is 0 Å². The van der Waals surface area contributed by atoms with Gasteiger partial charge in [-0.25, -0.2) is 0 Å². The first-order valence-electron chi connectivity index (χ1n) is 13.1. The van der Waals surface area contributed by atoms with Crippen molar-refractivity contribution in [1.82, 2.24) is 4.90 Å². The minimum atomic E-state index is -0.910. The Labute approximate surface area is 222 Å². The van der Waals surface area contributed by atoms with E-state index in [1.807, 2.05) is 84.9 Å². The lowest BCUT2D eigenvalue weighted by Gasteiger charge is -2.37. The summed E-state index contributed by atoms with van der Waals surface area (Å²) in [6.07, 6.45) is -0.0704. The van der Waals surface area contributed by atoms with Crippen molar-refractivity contribution in [2.45, 2.75) is 36.7 Å². The van der Waals surface area contributed by atoms with Crippen LogP contribution in [0.1, 0.15) is 41.2 Å². The molecule has 0 N–H and O–H groups in total. The summed E-state index contributed by atoms with van der Waals surface area (Å²) in [7, 11) is 0. The summed E-state index contributed by atoms with van der Waals surface area (Å²) in [5.41, 5.74) is 2.98.